The predicted molar refractivity (Wildman–Crippen MR) is 73.4 cm³/mol. The Labute approximate surface area is 112 Å². The number of anilines is 2. The number of nitrogens with one attached hydrogen (secondary N) is 1. The molecule has 6 nitrogen and oxygen atoms in total. The van der Waals surface area contributed by atoms with E-state index in [0.29, 0.717) is 37.6 Å². The second-order valence-corrected chi connectivity index (χ2v) is 3.83. The van der Waals surface area contributed by atoms with Crippen molar-refractivity contribution in [3.8, 4) is 0 Å². The van der Waals surface area contributed by atoms with Gasteiger partial charge in [0.25, 0.3) is 0 Å². The quantitative estimate of drug-likeness (QED) is 0.418. The van der Waals surface area contributed by atoms with E-state index in [1.807, 2.05) is 0 Å². The van der Waals surface area contributed by atoms with Crippen molar-refractivity contribution in [3.63, 3.8) is 0 Å². The number of hydrogen-bond acceptors (Lipinski definition) is 6. The molecule has 0 aromatic heterocycles. The highest BCUT2D eigenvalue weighted by molar-refractivity contribution is 5.96. The van der Waals surface area contributed by atoms with Gasteiger partial charge >= 0.3 is 5.97 Å². The van der Waals surface area contributed by atoms with Crippen LogP contribution in [-0.2, 0) is 14.2 Å². The summed E-state index contributed by atoms with van der Waals surface area (Å²) < 4.78 is 14.8. The van der Waals surface area contributed by atoms with Crippen LogP contribution in [-0.4, -0.2) is 46.6 Å². The third kappa shape index (κ3) is 5.15. The molecule has 3 N–H and O–H groups in total. The van der Waals surface area contributed by atoms with Crippen molar-refractivity contribution >= 4 is 17.3 Å². The van der Waals surface area contributed by atoms with Crippen LogP contribution in [0, 0.1) is 0 Å². The monoisotopic (exact) mass is 268 g/mol. The Balaban J connectivity index is 2.44. The molecule has 0 fully saturated rings. The zero-order valence-corrected chi connectivity index (χ0v) is 11.3. The summed E-state index contributed by atoms with van der Waals surface area (Å²) in [5.41, 5.74) is 7.26. The van der Waals surface area contributed by atoms with Gasteiger partial charge in [0.15, 0.2) is 0 Å². The van der Waals surface area contributed by atoms with Crippen molar-refractivity contribution in [1.82, 2.24) is 0 Å². The zero-order valence-electron chi connectivity index (χ0n) is 11.3. The summed E-state index contributed by atoms with van der Waals surface area (Å²) in [4.78, 5) is 11.5. The van der Waals surface area contributed by atoms with Crippen LogP contribution in [0.4, 0.5) is 11.4 Å². The van der Waals surface area contributed by atoms with Gasteiger partial charge in [-0.05, 0) is 18.2 Å². The van der Waals surface area contributed by atoms with Crippen LogP contribution in [0.3, 0.4) is 0 Å². The lowest BCUT2D eigenvalue weighted by Crippen LogP contribution is -2.13. The first-order valence-electron chi connectivity index (χ1n) is 5.97. The topological polar surface area (TPSA) is 82.8 Å². The van der Waals surface area contributed by atoms with E-state index in [9.17, 15) is 4.79 Å². The minimum atomic E-state index is -0.447. The maximum Gasteiger partial charge on any atom is 0.340 e. The first kappa shape index (κ1) is 15.3. The fraction of sp³-hybridized carbons (Fsp3) is 0.462. The lowest BCUT2D eigenvalue weighted by Gasteiger charge is -2.10. The fourth-order valence-corrected chi connectivity index (χ4v) is 1.46. The molecule has 0 saturated heterocycles. The van der Waals surface area contributed by atoms with E-state index >= 15 is 0 Å². The Bertz CT molecular complexity index is 410. The second kappa shape index (κ2) is 8.34. The summed E-state index contributed by atoms with van der Waals surface area (Å²) in [7, 11) is 2.95. The summed E-state index contributed by atoms with van der Waals surface area (Å²) in [6.07, 6.45) is 0. The lowest BCUT2D eigenvalue weighted by atomic mass is 10.1. The molecule has 0 aliphatic heterocycles. The standard InChI is InChI=1S/C13H20N2O4/c1-17-7-8-19-6-5-15-10-3-4-12(14)11(9-10)13(16)18-2/h3-4,9,15H,5-8,14H2,1-2H3. The Kier molecular flexibility index (Phi) is 6.70. The van der Waals surface area contributed by atoms with Crippen LogP contribution in [0.25, 0.3) is 0 Å². The Morgan fingerprint density at radius 1 is 1.26 bits per heavy atom. The molecular weight excluding hydrogens is 248 g/mol. The van der Waals surface area contributed by atoms with Crippen molar-refractivity contribution in [3.05, 3.63) is 23.8 Å². The number of esters is 1. The van der Waals surface area contributed by atoms with Crippen LogP contribution in [0.1, 0.15) is 10.4 Å². The van der Waals surface area contributed by atoms with Crippen molar-refractivity contribution in [2.75, 3.05) is 51.6 Å². The summed E-state index contributed by atoms with van der Waals surface area (Å²) in [5, 5.41) is 3.14. The number of ether oxygens (including phenoxy) is 3. The van der Waals surface area contributed by atoms with Gasteiger partial charge in [0, 0.05) is 25.0 Å². The summed E-state index contributed by atoms with van der Waals surface area (Å²) in [6, 6.07) is 5.13. The summed E-state index contributed by atoms with van der Waals surface area (Å²) >= 11 is 0. The van der Waals surface area contributed by atoms with Crippen LogP contribution in [0.2, 0.25) is 0 Å². The van der Waals surface area contributed by atoms with E-state index in [1.54, 1.807) is 25.3 Å². The average Bonchev–Trinajstić information content (AvgIpc) is 2.43. The molecule has 0 heterocycles. The molecule has 6 heteroatoms. The van der Waals surface area contributed by atoms with Crippen LogP contribution in [0.5, 0.6) is 0 Å². The van der Waals surface area contributed by atoms with E-state index in [1.165, 1.54) is 7.11 Å². The number of carbonyl (C=O) groups excluding carboxylic acids is 1. The van der Waals surface area contributed by atoms with Gasteiger partial charge in [0.1, 0.15) is 0 Å². The Morgan fingerprint density at radius 2 is 2.05 bits per heavy atom. The highest BCUT2D eigenvalue weighted by Crippen LogP contribution is 2.18. The molecule has 0 radical (unpaired) electrons. The van der Waals surface area contributed by atoms with Gasteiger partial charge in [-0.2, -0.15) is 0 Å². The van der Waals surface area contributed by atoms with Gasteiger partial charge in [0.05, 0.1) is 32.5 Å². The fourth-order valence-electron chi connectivity index (χ4n) is 1.46. The first-order chi connectivity index (χ1) is 9.19. The summed E-state index contributed by atoms with van der Waals surface area (Å²) in [5.74, 6) is -0.447. The van der Waals surface area contributed by atoms with E-state index in [0.717, 1.165) is 5.69 Å². The second-order valence-electron chi connectivity index (χ2n) is 3.83. The highest BCUT2D eigenvalue weighted by Gasteiger charge is 2.10. The molecule has 106 valence electrons. The largest absolute Gasteiger partial charge is 0.465 e. The van der Waals surface area contributed by atoms with Crippen molar-refractivity contribution in [1.29, 1.82) is 0 Å². The number of methoxy groups -OCH3 is 2. The zero-order chi connectivity index (χ0) is 14.1. The minimum Gasteiger partial charge on any atom is -0.465 e. The minimum absolute atomic E-state index is 0.354. The molecule has 0 bridgehead atoms. The molecule has 0 amide bonds. The van der Waals surface area contributed by atoms with Crippen molar-refractivity contribution < 1.29 is 19.0 Å². The molecule has 1 rings (SSSR count). The first-order valence-corrected chi connectivity index (χ1v) is 5.97. The third-order valence-corrected chi connectivity index (χ3v) is 2.47. The number of carbonyl (C=O) groups is 1. The SMILES string of the molecule is COCCOCCNc1ccc(N)c(C(=O)OC)c1. The molecule has 0 aliphatic rings. The van der Waals surface area contributed by atoms with E-state index in [2.05, 4.69) is 10.1 Å². The normalized spacial score (nSPS) is 10.2. The highest BCUT2D eigenvalue weighted by atomic mass is 16.5. The molecule has 0 spiro atoms. The van der Waals surface area contributed by atoms with Crippen molar-refractivity contribution in [2.24, 2.45) is 0 Å². The molecule has 0 unspecified atom stereocenters. The molecule has 0 aliphatic carbocycles. The van der Waals surface area contributed by atoms with Crippen LogP contribution < -0.4 is 11.1 Å². The predicted octanol–water partition coefficient (Wildman–Crippen LogP) is 1.13. The van der Waals surface area contributed by atoms with Gasteiger partial charge in [0.2, 0.25) is 0 Å². The Morgan fingerprint density at radius 3 is 2.74 bits per heavy atom. The Hall–Kier alpha value is -1.79. The van der Waals surface area contributed by atoms with Gasteiger partial charge in [-0.3, -0.25) is 0 Å². The van der Waals surface area contributed by atoms with Crippen LogP contribution in [0.15, 0.2) is 18.2 Å². The number of nitrogen functional groups attached to an aromatic ring is 1. The smallest absolute Gasteiger partial charge is 0.340 e. The van der Waals surface area contributed by atoms with Gasteiger partial charge in [-0.1, -0.05) is 0 Å². The van der Waals surface area contributed by atoms with E-state index in [-0.39, 0.29) is 0 Å². The lowest BCUT2D eigenvalue weighted by molar-refractivity contribution is 0.0602. The number of rotatable bonds is 8. The molecule has 0 saturated carbocycles. The molecule has 1 aromatic rings. The van der Waals surface area contributed by atoms with E-state index < -0.39 is 5.97 Å². The maximum absolute atomic E-state index is 11.5. The third-order valence-electron chi connectivity index (χ3n) is 2.47. The molecule has 1 aromatic carbocycles. The van der Waals surface area contributed by atoms with Crippen molar-refractivity contribution in [2.45, 2.75) is 0 Å². The van der Waals surface area contributed by atoms with Gasteiger partial charge in [-0.25, -0.2) is 4.79 Å². The van der Waals surface area contributed by atoms with Crippen LogP contribution >= 0.6 is 0 Å². The number of nitrogens with two attached hydrogens (primary N) is 1. The summed E-state index contributed by atoms with van der Waals surface area (Å²) in [6.45, 7) is 2.33. The number of benzene rings is 1. The average molecular weight is 268 g/mol. The maximum atomic E-state index is 11.5. The molecule has 19 heavy (non-hydrogen) atoms. The molecular formula is C13H20N2O4. The van der Waals surface area contributed by atoms with E-state index in [4.69, 9.17) is 15.2 Å². The van der Waals surface area contributed by atoms with Gasteiger partial charge in [-0.15, -0.1) is 0 Å². The molecule has 0 atom stereocenters. The number of hydrogen-bond donors (Lipinski definition) is 2. The van der Waals surface area contributed by atoms with Gasteiger partial charge < -0.3 is 25.3 Å².